The van der Waals surface area contributed by atoms with Crippen molar-refractivity contribution in [3.05, 3.63) is 11.5 Å². The van der Waals surface area contributed by atoms with Crippen LogP contribution in [0.2, 0.25) is 5.15 Å². The van der Waals surface area contributed by atoms with E-state index >= 15 is 0 Å². The Morgan fingerprint density at radius 3 is 2.67 bits per heavy atom. The van der Waals surface area contributed by atoms with Gasteiger partial charge < -0.3 is 10.6 Å². The molecule has 15 heavy (non-hydrogen) atoms. The van der Waals surface area contributed by atoms with Crippen LogP contribution in [-0.2, 0) is 0 Å². The number of aromatic nitrogens is 2. The highest BCUT2D eigenvalue weighted by Crippen LogP contribution is 2.27. The number of nitrogens with two attached hydrogens (primary N) is 1. The molecule has 0 aromatic carbocycles. The van der Waals surface area contributed by atoms with E-state index in [2.05, 4.69) is 35.6 Å². The van der Waals surface area contributed by atoms with Crippen LogP contribution >= 0.6 is 11.6 Å². The first-order valence-electron chi connectivity index (χ1n) is 5.14. The van der Waals surface area contributed by atoms with Crippen molar-refractivity contribution in [3.8, 4) is 0 Å². The van der Waals surface area contributed by atoms with E-state index in [-0.39, 0.29) is 0 Å². The molecule has 1 aromatic rings. The Balaban J connectivity index is 3.07. The smallest absolute Gasteiger partial charge is 0.157 e. The molecule has 1 rings (SSSR count). The van der Waals surface area contributed by atoms with Gasteiger partial charge in [0.1, 0.15) is 12.0 Å². The van der Waals surface area contributed by atoms with Crippen molar-refractivity contribution in [1.29, 1.82) is 0 Å². The molecule has 0 aliphatic carbocycles. The fourth-order valence-corrected chi connectivity index (χ4v) is 1.61. The number of anilines is 2. The van der Waals surface area contributed by atoms with E-state index in [0.29, 0.717) is 16.9 Å². The van der Waals surface area contributed by atoms with Gasteiger partial charge in [-0.15, -0.1) is 0 Å². The molecular weight excluding hydrogens is 212 g/mol. The van der Waals surface area contributed by atoms with Crippen LogP contribution in [0.3, 0.4) is 0 Å². The SMILES string of the molecule is CCC(C)N(CC)c1ncnc(Cl)c1N. The standard InChI is InChI=1S/C10H17ClN4/c1-4-7(3)15(5-2)10-8(12)9(11)13-6-14-10/h6-7H,4-5,12H2,1-3H3. The third kappa shape index (κ3) is 2.50. The third-order valence-electron chi connectivity index (χ3n) is 2.55. The molecule has 0 radical (unpaired) electrons. The second-order valence-corrected chi connectivity index (χ2v) is 3.80. The predicted octanol–water partition coefficient (Wildman–Crippen LogP) is 2.34. The van der Waals surface area contributed by atoms with Crippen LogP contribution < -0.4 is 10.6 Å². The molecule has 1 aromatic heterocycles. The van der Waals surface area contributed by atoms with Crippen molar-refractivity contribution in [2.45, 2.75) is 33.2 Å². The van der Waals surface area contributed by atoms with Gasteiger partial charge >= 0.3 is 0 Å². The van der Waals surface area contributed by atoms with Crippen LogP contribution in [0.15, 0.2) is 6.33 Å². The number of hydrogen-bond acceptors (Lipinski definition) is 4. The van der Waals surface area contributed by atoms with Gasteiger partial charge in [0.25, 0.3) is 0 Å². The first-order valence-corrected chi connectivity index (χ1v) is 5.52. The summed E-state index contributed by atoms with van der Waals surface area (Å²) in [7, 11) is 0. The zero-order chi connectivity index (χ0) is 11.4. The number of halogens is 1. The van der Waals surface area contributed by atoms with E-state index in [0.717, 1.165) is 18.8 Å². The average Bonchev–Trinajstić information content (AvgIpc) is 2.24. The fraction of sp³-hybridized carbons (Fsp3) is 0.600. The minimum Gasteiger partial charge on any atom is -0.393 e. The summed E-state index contributed by atoms with van der Waals surface area (Å²) in [4.78, 5) is 10.2. The molecule has 0 bridgehead atoms. The average molecular weight is 229 g/mol. The Morgan fingerprint density at radius 2 is 2.13 bits per heavy atom. The molecule has 0 aliphatic rings. The van der Waals surface area contributed by atoms with Gasteiger partial charge in [-0.05, 0) is 20.3 Å². The Kier molecular flexibility index (Phi) is 4.15. The molecule has 2 N–H and O–H groups in total. The highest BCUT2D eigenvalue weighted by molar-refractivity contribution is 6.32. The lowest BCUT2D eigenvalue weighted by Gasteiger charge is -2.29. The van der Waals surface area contributed by atoms with Gasteiger partial charge in [-0.1, -0.05) is 18.5 Å². The van der Waals surface area contributed by atoms with E-state index < -0.39 is 0 Å². The Hall–Kier alpha value is -1.03. The summed E-state index contributed by atoms with van der Waals surface area (Å²) < 4.78 is 0. The van der Waals surface area contributed by atoms with Gasteiger partial charge in [0.2, 0.25) is 0 Å². The quantitative estimate of drug-likeness (QED) is 0.804. The van der Waals surface area contributed by atoms with Crippen molar-refractivity contribution < 1.29 is 0 Å². The van der Waals surface area contributed by atoms with Crippen LogP contribution in [0.25, 0.3) is 0 Å². The molecule has 4 nitrogen and oxygen atoms in total. The third-order valence-corrected chi connectivity index (χ3v) is 2.85. The van der Waals surface area contributed by atoms with E-state index in [9.17, 15) is 0 Å². The van der Waals surface area contributed by atoms with Crippen molar-refractivity contribution in [2.75, 3.05) is 17.2 Å². The minimum atomic E-state index is 0.321. The van der Waals surface area contributed by atoms with Crippen molar-refractivity contribution in [3.63, 3.8) is 0 Å². The van der Waals surface area contributed by atoms with Crippen LogP contribution in [0.4, 0.5) is 11.5 Å². The zero-order valence-electron chi connectivity index (χ0n) is 9.37. The molecular formula is C10H17ClN4. The first kappa shape index (κ1) is 12.0. The van der Waals surface area contributed by atoms with Crippen LogP contribution in [-0.4, -0.2) is 22.6 Å². The van der Waals surface area contributed by atoms with Crippen LogP contribution in [0, 0.1) is 0 Å². The topological polar surface area (TPSA) is 55.0 Å². The molecule has 5 heteroatoms. The maximum absolute atomic E-state index is 5.86. The number of nitrogens with zero attached hydrogens (tertiary/aromatic N) is 3. The number of hydrogen-bond donors (Lipinski definition) is 1. The Bertz CT molecular complexity index is 329. The Morgan fingerprint density at radius 1 is 1.47 bits per heavy atom. The second-order valence-electron chi connectivity index (χ2n) is 3.45. The van der Waals surface area contributed by atoms with Gasteiger partial charge in [0, 0.05) is 12.6 Å². The van der Waals surface area contributed by atoms with Gasteiger partial charge in [-0.2, -0.15) is 0 Å². The fourth-order valence-electron chi connectivity index (χ4n) is 1.49. The van der Waals surface area contributed by atoms with Crippen LogP contribution in [0.5, 0.6) is 0 Å². The number of rotatable bonds is 4. The summed E-state index contributed by atoms with van der Waals surface area (Å²) in [5.74, 6) is 0.729. The first-order chi connectivity index (χ1) is 7.11. The minimum absolute atomic E-state index is 0.321. The van der Waals surface area contributed by atoms with E-state index in [1.807, 2.05) is 0 Å². The van der Waals surface area contributed by atoms with E-state index in [1.54, 1.807) is 0 Å². The van der Waals surface area contributed by atoms with E-state index in [4.69, 9.17) is 17.3 Å². The molecule has 0 saturated heterocycles. The number of nitrogen functional groups attached to an aromatic ring is 1. The predicted molar refractivity (Wildman–Crippen MR) is 64.2 cm³/mol. The summed E-state index contributed by atoms with van der Waals surface area (Å²) in [6.07, 6.45) is 2.48. The molecule has 0 spiro atoms. The summed E-state index contributed by atoms with van der Waals surface area (Å²) in [6, 6.07) is 0.392. The molecule has 1 atom stereocenters. The van der Waals surface area contributed by atoms with Crippen LogP contribution in [0.1, 0.15) is 27.2 Å². The molecule has 0 saturated carbocycles. The van der Waals surface area contributed by atoms with Gasteiger partial charge in [0.05, 0.1) is 0 Å². The zero-order valence-corrected chi connectivity index (χ0v) is 10.1. The normalized spacial score (nSPS) is 12.5. The highest BCUT2D eigenvalue weighted by Gasteiger charge is 2.16. The van der Waals surface area contributed by atoms with Crippen molar-refractivity contribution in [1.82, 2.24) is 9.97 Å². The van der Waals surface area contributed by atoms with Gasteiger partial charge in [-0.3, -0.25) is 0 Å². The lowest BCUT2D eigenvalue weighted by molar-refractivity contribution is 0.623. The molecule has 0 aliphatic heterocycles. The monoisotopic (exact) mass is 228 g/mol. The highest BCUT2D eigenvalue weighted by atomic mass is 35.5. The maximum Gasteiger partial charge on any atom is 0.157 e. The van der Waals surface area contributed by atoms with Crippen molar-refractivity contribution in [2.24, 2.45) is 0 Å². The molecule has 1 heterocycles. The molecule has 84 valence electrons. The summed E-state index contributed by atoms with van der Waals surface area (Å²) in [5, 5.41) is 0.321. The largest absolute Gasteiger partial charge is 0.393 e. The van der Waals surface area contributed by atoms with Gasteiger partial charge in [0.15, 0.2) is 11.0 Å². The Labute approximate surface area is 95.5 Å². The summed E-state index contributed by atoms with van der Waals surface area (Å²) in [6.45, 7) is 7.19. The lowest BCUT2D eigenvalue weighted by atomic mass is 10.2. The van der Waals surface area contributed by atoms with Crippen molar-refractivity contribution >= 4 is 23.1 Å². The molecule has 0 amide bonds. The van der Waals surface area contributed by atoms with E-state index in [1.165, 1.54) is 6.33 Å². The van der Waals surface area contributed by atoms with Gasteiger partial charge in [-0.25, -0.2) is 9.97 Å². The summed E-state index contributed by atoms with van der Waals surface area (Å²) in [5.41, 5.74) is 6.31. The maximum atomic E-state index is 5.86. The molecule has 0 fully saturated rings. The summed E-state index contributed by atoms with van der Waals surface area (Å²) >= 11 is 5.86. The second kappa shape index (κ2) is 5.16. The lowest BCUT2D eigenvalue weighted by Crippen LogP contribution is -2.33. The molecule has 1 unspecified atom stereocenters.